The van der Waals surface area contributed by atoms with Gasteiger partial charge in [-0.05, 0) is 18.6 Å². The van der Waals surface area contributed by atoms with Crippen LogP contribution in [0.3, 0.4) is 0 Å². The molecule has 17 heavy (non-hydrogen) atoms. The van der Waals surface area contributed by atoms with Gasteiger partial charge >= 0.3 is 12.1 Å². The van der Waals surface area contributed by atoms with Gasteiger partial charge in [-0.25, -0.2) is 0 Å². The Kier molecular flexibility index (Phi) is 4.67. The molecule has 8 heteroatoms. The summed E-state index contributed by atoms with van der Waals surface area (Å²) in [5.74, 6) is -1.44. The third-order valence-corrected chi connectivity index (χ3v) is 3.58. The van der Waals surface area contributed by atoms with Gasteiger partial charge in [0.2, 0.25) is 5.91 Å². The van der Waals surface area contributed by atoms with E-state index in [2.05, 4.69) is 0 Å². The lowest BCUT2D eigenvalue weighted by Gasteiger charge is -2.24. The summed E-state index contributed by atoms with van der Waals surface area (Å²) < 4.78 is 36.6. The molecule has 0 aromatic heterocycles. The molecule has 4 nitrogen and oxygen atoms in total. The van der Waals surface area contributed by atoms with Crippen molar-refractivity contribution in [1.82, 2.24) is 4.90 Å². The Hall–Kier alpha value is -0.920. The quantitative estimate of drug-likeness (QED) is 0.838. The second-order valence-electron chi connectivity index (χ2n) is 3.70. The van der Waals surface area contributed by atoms with Crippen LogP contribution >= 0.6 is 11.8 Å². The molecule has 1 saturated heterocycles. The Labute approximate surface area is 100 Å². The van der Waals surface area contributed by atoms with Crippen molar-refractivity contribution in [2.75, 3.05) is 18.8 Å². The minimum absolute atomic E-state index is 0.366. The van der Waals surface area contributed by atoms with Gasteiger partial charge in [-0.15, -0.1) is 11.8 Å². The van der Waals surface area contributed by atoms with Gasteiger partial charge in [0.15, 0.2) is 0 Å². The van der Waals surface area contributed by atoms with Gasteiger partial charge in [-0.2, -0.15) is 13.2 Å². The molecule has 1 aliphatic heterocycles. The summed E-state index contributed by atoms with van der Waals surface area (Å²) >= 11 is 1.28. The average Bonchev–Trinajstić information content (AvgIpc) is 2.65. The molecule has 1 rings (SSSR count). The fraction of sp³-hybridized carbons (Fsp3) is 0.778. The predicted octanol–water partition coefficient (Wildman–Crippen LogP) is 1.36. The number of alkyl halides is 3. The maximum Gasteiger partial charge on any atom is 0.406 e. The number of amides is 1. The lowest BCUT2D eigenvalue weighted by atomic mass is 10.2. The van der Waals surface area contributed by atoms with Crippen molar-refractivity contribution in [3.05, 3.63) is 0 Å². The molecular formula is C9H12F3NO3S. The van der Waals surface area contributed by atoms with E-state index in [1.165, 1.54) is 11.8 Å². The van der Waals surface area contributed by atoms with E-state index in [4.69, 9.17) is 5.11 Å². The Balaban J connectivity index is 2.67. The molecule has 0 radical (unpaired) electrons. The summed E-state index contributed by atoms with van der Waals surface area (Å²) in [6.07, 6.45) is -3.29. The van der Waals surface area contributed by atoms with E-state index in [-0.39, 0.29) is 0 Å². The van der Waals surface area contributed by atoms with Crippen molar-refractivity contribution in [2.45, 2.75) is 24.3 Å². The second kappa shape index (κ2) is 5.61. The SMILES string of the molecule is O=C(O)CN(CC(F)(F)F)C(=O)C1CCCS1. The van der Waals surface area contributed by atoms with Crippen molar-refractivity contribution in [3.8, 4) is 0 Å². The number of aliphatic carboxylic acids is 1. The summed E-state index contributed by atoms with van der Waals surface area (Å²) in [6, 6.07) is 0. The van der Waals surface area contributed by atoms with E-state index in [0.717, 1.165) is 12.2 Å². The first-order chi connectivity index (χ1) is 7.79. The van der Waals surface area contributed by atoms with Gasteiger partial charge < -0.3 is 10.0 Å². The fourth-order valence-corrected chi connectivity index (χ4v) is 2.81. The van der Waals surface area contributed by atoms with E-state index < -0.39 is 36.4 Å². The first-order valence-corrected chi connectivity index (χ1v) is 6.03. The van der Waals surface area contributed by atoms with E-state index >= 15 is 0 Å². The molecule has 1 unspecified atom stereocenters. The number of carbonyl (C=O) groups is 2. The highest BCUT2D eigenvalue weighted by Gasteiger charge is 2.37. The Morgan fingerprint density at radius 2 is 2.06 bits per heavy atom. The lowest BCUT2D eigenvalue weighted by Crippen LogP contribution is -2.45. The van der Waals surface area contributed by atoms with Gasteiger partial charge in [-0.1, -0.05) is 0 Å². The number of carboxylic acid groups (broad SMARTS) is 1. The highest BCUT2D eigenvalue weighted by molar-refractivity contribution is 8.00. The number of thioether (sulfide) groups is 1. The summed E-state index contributed by atoms with van der Waals surface area (Å²) in [5.41, 5.74) is 0. The first-order valence-electron chi connectivity index (χ1n) is 4.98. The smallest absolute Gasteiger partial charge is 0.406 e. The number of rotatable bonds is 4. The van der Waals surface area contributed by atoms with Crippen molar-refractivity contribution in [3.63, 3.8) is 0 Å². The van der Waals surface area contributed by atoms with E-state index in [1.807, 2.05) is 0 Å². The third kappa shape index (κ3) is 4.84. The fourth-order valence-electron chi connectivity index (χ4n) is 1.57. The molecule has 1 fully saturated rings. The largest absolute Gasteiger partial charge is 0.480 e. The van der Waals surface area contributed by atoms with Crippen LogP contribution < -0.4 is 0 Å². The Morgan fingerprint density at radius 3 is 2.47 bits per heavy atom. The molecule has 0 aromatic carbocycles. The van der Waals surface area contributed by atoms with Crippen molar-refractivity contribution in [1.29, 1.82) is 0 Å². The van der Waals surface area contributed by atoms with Crippen molar-refractivity contribution in [2.24, 2.45) is 0 Å². The van der Waals surface area contributed by atoms with Gasteiger partial charge in [0, 0.05) is 0 Å². The molecule has 1 heterocycles. The molecule has 1 aliphatic rings. The average molecular weight is 271 g/mol. The minimum atomic E-state index is -4.58. The molecule has 0 bridgehead atoms. The number of hydrogen-bond acceptors (Lipinski definition) is 3. The molecule has 1 atom stereocenters. The molecule has 0 aromatic rings. The molecule has 1 N–H and O–H groups in total. The van der Waals surface area contributed by atoms with E-state index in [9.17, 15) is 22.8 Å². The summed E-state index contributed by atoms with van der Waals surface area (Å²) in [7, 11) is 0. The van der Waals surface area contributed by atoms with Crippen LogP contribution in [0.4, 0.5) is 13.2 Å². The van der Waals surface area contributed by atoms with Crippen LogP contribution in [-0.2, 0) is 9.59 Å². The van der Waals surface area contributed by atoms with Crippen LogP contribution in [0.2, 0.25) is 0 Å². The zero-order chi connectivity index (χ0) is 13.1. The van der Waals surface area contributed by atoms with E-state index in [1.54, 1.807) is 0 Å². The molecule has 1 amide bonds. The zero-order valence-electron chi connectivity index (χ0n) is 8.87. The third-order valence-electron chi connectivity index (χ3n) is 2.21. The summed E-state index contributed by atoms with van der Waals surface area (Å²) in [4.78, 5) is 22.5. The number of nitrogens with zero attached hydrogens (tertiary/aromatic N) is 1. The minimum Gasteiger partial charge on any atom is -0.480 e. The number of carboxylic acids is 1. The number of halogens is 3. The predicted molar refractivity (Wildman–Crippen MR) is 55.8 cm³/mol. The number of hydrogen-bond donors (Lipinski definition) is 1. The molecule has 0 saturated carbocycles. The van der Waals surface area contributed by atoms with Gasteiger partial charge in [0.1, 0.15) is 13.1 Å². The van der Waals surface area contributed by atoms with Crippen molar-refractivity contribution >= 4 is 23.6 Å². The van der Waals surface area contributed by atoms with E-state index in [0.29, 0.717) is 11.3 Å². The van der Waals surface area contributed by atoms with Crippen LogP contribution in [-0.4, -0.2) is 52.2 Å². The van der Waals surface area contributed by atoms with Gasteiger partial charge in [0.05, 0.1) is 5.25 Å². The standard InChI is InChI=1S/C9H12F3NO3S/c10-9(11,12)5-13(4-7(14)15)8(16)6-2-1-3-17-6/h6H,1-5H2,(H,14,15). The highest BCUT2D eigenvalue weighted by Crippen LogP contribution is 2.28. The molecule has 0 aliphatic carbocycles. The topological polar surface area (TPSA) is 57.6 Å². The lowest BCUT2D eigenvalue weighted by molar-refractivity contribution is -0.165. The Morgan fingerprint density at radius 1 is 1.41 bits per heavy atom. The molecular weight excluding hydrogens is 259 g/mol. The highest BCUT2D eigenvalue weighted by atomic mass is 32.2. The van der Waals surface area contributed by atoms with Crippen LogP contribution in [0.15, 0.2) is 0 Å². The maximum absolute atomic E-state index is 12.2. The number of carbonyl (C=O) groups excluding carboxylic acids is 1. The van der Waals surface area contributed by atoms with Crippen LogP contribution in [0.25, 0.3) is 0 Å². The summed E-state index contributed by atoms with van der Waals surface area (Å²) in [5, 5.41) is 7.97. The first kappa shape index (κ1) is 14.1. The van der Waals surface area contributed by atoms with Gasteiger partial charge in [0.25, 0.3) is 0 Å². The van der Waals surface area contributed by atoms with Crippen LogP contribution in [0.1, 0.15) is 12.8 Å². The maximum atomic E-state index is 12.2. The Bertz CT molecular complexity index is 302. The van der Waals surface area contributed by atoms with Crippen molar-refractivity contribution < 1.29 is 27.9 Å². The second-order valence-corrected chi connectivity index (χ2v) is 5.02. The molecule has 98 valence electrons. The normalized spacial score (nSPS) is 20.3. The molecule has 0 spiro atoms. The monoisotopic (exact) mass is 271 g/mol. The van der Waals surface area contributed by atoms with Gasteiger partial charge in [-0.3, -0.25) is 9.59 Å². The van der Waals surface area contributed by atoms with Crippen LogP contribution in [0, 0.1) is 0 Å². The van der Waals surface area contributed by atoms with Crippen LogP contribution in [0.5, 0.6) is 0 Å². The zero-order valence-corrected chi connectivity index (χ0v) is 9.68. The summed E-state index contributed by atoms with van der Waals surface area (Å²) in [6.45, 7) is -2.41.